The summed E-state index contributed by atoms with van der Waals surface area (Å²) in [6, 6.07) is 7.29. The van der Waals surface area contributed by atoms with Crippen molar-refractivity contribution in [3.8, 4) is 0 Å². The molecule has 17 heavy (non-hydrogen) atoms. The van der Waals surface area contributed by atoms with Crippen LogP contribution < -0.4 is 5.32 Å². The van der Waals surface area contributed by atoms with Crippen LogP contribution in [0.25, 0.3) is 0 Å². The Hall–Kier alpha value is -0.470. The summed E-state index contributed by atoms with van der Waals surface area (Å²) < 4.78 is 0. The number of hydrogen-bond donors (Lipinski definition) is 1. The van der Waals surface area contributed by atoms with Crippen LogP contribution in [0.1, 0.15) is 36.0 Å². The molecule has 1 saturated carbocycles. The van der Waals surface area contributed by atoms with E-state index < -0.39 is 0 Å². The zero-order chi connectivity index (χ0) is 12.3. The maximum atomic E-state index is 3.76. The molecule has 2 rings (SSSR count). The van der Waals surface area contributed by atoms with E-state index in [-0.39, 0.29) is 0 Å². The van der Waals surface area contributed by atoms with Crippen LogP contribution in [0.15, 0.2) is 18.2 Å². The lowest BCUT2D eigenvalue weighted by Gasteiger charge is -2.20. The lowest BCUT2D eigenvalue weighted by atomic mass is 10.0. The van der Waals surface area contributed by atoms with Gasteiger partial charge in [0.05, 0.1) is 0 Å². The minimum atomic E-state index is 0.712. The molecule has 1 fully saturated rings. The fourth-order valence-electron chi connectivity index (χ4n) is 2.80. The fraction of sp³-hybridized carbons (Fsp3) is 0.600. The summed E-state index contributed by atoms with van der Waals surface area (Å²) in [5.74, 6) is 0. The van der Waals surface area contributed by atoms with E-state index in [1.807, 2.05) is 11.8 Å². The lowest BCUT2D eigenvalue weighted by Crippen LogP contribution is -2.33. The molecule has 1 aromatic rings. The molecule has 2 unspecified atom stereocenters. The molecule has 0 bridgehead atoms. The van der Waals surface area contributed by atoms with Gasteiger partial charge in [-0.1, -0.05) is 24.6 Å². The van der Waals surface area contributed by atoms with E-state index in [1.165, 1.54) is 36.0 Å². The molecule has 0 spiro atoms. The summed E-state index contributed by atoms with van der Waals surface area (Å²) in [4.78, 5) is 0. The standard InChI is InChI=1S/C15H23NS/c1-11-6-4-7-12(2)13(11)10-16-14-8-5-9-15(14)17-3/h4,6-7,14-16H,5,8-10H2,1-3H3. The molecule has 1 nitrogen and oxygen atoms in total. The minimum Gasteiger partial charge on any atom is -0.309 e. The Morgan fingerprint density at radius 2 is 1.94 bits per heavy atom. The van der Waals surface area contributed by atoms with E-state index in [1.54, 1.807) is 0 Å². The largest absolute Gasteiger partial charge is 0.309 e. The Morgan fingerprint density at radius 3 is 2.59 bits per heavy atom. The van der Waals surface area contributed by atoms with E-state index in [2.05, 4.69) is 43.6 Å². The van der Waals surface area contributed by atoms with E-state index >= 15 is 0 Å². The smallest absolute Gasteiger partial charge is 0.0213 e. The Bertz CT molecular complexity index is 355. The second kappa shape index (κ2) is 5.92. The average molecular weight is 249 g/mol. The first-order valence-electron chi connectivity index (χ1n) is 6.53. The van der Waals surface area contributed by atoms with Crippen LogP contribution in [-0.2, 0) is 6.54 Å². The van der Waals surface area contributed by atoms with Crippen molar-refractivity contribution in [1.29, 1.82) is 0 Å². The van der Waals surface area contributed by atoms with Gasteiger partial charge in [-0.05, 0) is 49.6 Å². The molecule has 94 valence electrons. The van der Waals surface area contributed by atoms with Gasteiger partial charge >= 0.3 is 0 Å². The van der Waals surface area contributed by atoms with Crippen LogP contribution >= 0.6 is 11.8 Å². The molecular formula is C15H23NS. The molecule has 1 aliphatic rings. The molecule has 1 aliphatic carbocycles. The Morgan fingerprint density at radius 1 is 1.24 bits per heavy atom. The van der Waals surface area contributed by atoms with Gasteiger partial charge in [0, 0.05) is 17.8 Å². The van der Waals surface area contributed by atoms with Gasteiger partial charge in [-0.25, -0.2) is 0 Å². The molecule has 0 radical (unpaired) electrons. The van der Waals surface area contributed by atoms with Gasteiger partial charge in [0.25, 0.3) is 0 Å². The van der Waals surface area contributed by atoms with Crippen molar-refractivity contribution in [3.63, 3.8) is 0 Å². The fourth-order valence-corrected chi connectivity index (χ4v) is 3.77. The van der Waals surface area contributed by atoms with Crippen molar-refractivity contribution in [2.45, 2.75) is 50.9 Å². The number of benzene rings is 1. The molecule has 1 N–H and O–H groups in total. The highest BCUT2D eigenvalue weighted by molar-refractivity contribution is 7.99. The highest BCUT2D eigenvalue weighted by Gasteiger charge is 2.25. The third-order valence-electron chi connectivity index (χ3n) is 3.94. The molecule has 0 aliphatic heterocycles. The Kier molecular flexibility index (Phi) is 4.52. The normalized spacial score (nSPS) is 24.2. The third kappa shape index (κ3) is 3.05. The summed E-state index contributed by atoms with van der Waals surface area (Å²) in [6.07, 6.45) is 6.35. The Labute approximate surface area is 109 Å². The van der Waals surface area contributed by atoms with E-state index in [4.69, 9.17) is 0 Å². The maximum Gasteiger partial charge on any atom is 0.0213 e. The molecule has 0 aromatic heterocycles. The molecule has 1 aromatic carbocycles. The van der Waals surface area contributed by atoms with Gasteiger partial charge in [-0.3, -0.25) is 0 Å². The van der Waals surface area contributed by atoms with Gasteiger partial charge in [0.1, 0.15) is 0 Å². The SMILES string of the molecule is CSC1CCCC1NCc1c(C)cccc1C. The van der Waals surface area contributed by atoms with Crippen molar-refractivity contribution in [3.05, 3.63) is 34.9 Å². The molecular weight excluding hydrogens is 226 g/mol. The highest BCUT2D eigenvalue weighted by Crippen LogP contribution is 2.28. The number of rotatable bonds is 4. The first-order valence-corrected chi connectivity index (χ1v) is 7.82. The zero-order valence-electron chi connectivity index (χ0n) is 11.1. The summed E-state index contributed by atoms with van der Waals surface area (Å²) in [7, 11) is 0. The predicted molar refractivity (Wildman–Crippen MR) is 77.7 cm³/mol. The van der Waals surface area contributed by atoms with Crippen LogP contribution in [-0.4, -0.2) is 17.5 Å². The predicted octanol–water partition coefficient (Wildman–Crippen LogP) is 3.68. The highest BCUT2D eigenvalue weighted by atomic mass is 32.2. The van der Waals surface area contributed by atoms with Crippen molar-refractivity contribution in [2.75, 3.05) is 6.26 Å². The third-order valence-corrected chi connectivity index (χ3v) is 5.11. The number of thioether (sulfide) groups is 1. The zero-order valence-corrected chi connectivity index (χ0v) is 11.9. The van der Waals surface area contributed by atoms with Crippen LogP contribution in [0.5, 0.6) is 0 Å². The quantitative estimate of drug-likeness (QED) is 0.873. The van der Waals surface area contributed by atoms with Gasteiger partial charge in [0.15, 0.2) is 0 Å². The number of nitrogens with one attached hydrogen (secondary N) is 1. The van der Waals surface area contributed by atoms with Crippen LogP contribution in [0, 0.1) is 13.8 Å². The summed E-state index contributed by atoms with van der Waals surface area (Å²) >= 11 is 2.02. The van der Waals surface area contributed by atoms with Crippen molar-refractivity contribution in [1.82, 2.24) is 5.32 Å². The van der Waals surface area contributed by atoms with E-state index in [0.717, 1.165) is 11.8 Å². The maximum absolute atomic E-state index is 3.76. The van der Waals surface area contributed by atoms with Gasteiger partial charge in [-0.2, -0.15) is 11.8 Å². The molecule has 0 saturated heterocycles. The van der Waals surface area contributed by atoms with Crippen molar-refractivity contribution in [2.24, 2.45) is 0 Å². The number of hydrogen-bond acceptors (Lipinski definition) is 2. The summed E-state index contributed by atoms with van der Waals surface area (Å²) in [5, 5.41) is 4.58. The van der Waals surface area contributed by atoms with Gasteiger partial charge in [-0.15, -0.1) is 0 Å². The van der Waals surface area contributed by atoms with E-state index in [9.17, 15) is 0 Å². The van der Waals surface area contributed by atoms with Gasteiger partial charge in [0.2, 0.25) is 0 Å². The van der Waals surface area contributed by atoms with Gasteiger partial charge < -0.3 is 5.32 Å². The van der Waals surface area contributed by atoms with Crippen molar-refractivity contribution >= 4 is 11.8 Å². The minimum absolute atomic E-state index is 0.712. The molecule has 2 heteroatoms. The van der Waals surface area contributed by atoms with Crippen LogP contribution in [0.3, 0.4) is 0 Å². The van der Waals surface area contributed by atoms with Crippen LogP contribution in [0.2, 0.25) is 0 Å². The second-order valence-corrected chi connectivity index (χ2v) is 6.14. The molecule has 2 atom stereocenters. The summed E-state index contributed by atoms with van der Waals surface area (Å²) in [6.45, 7) is 5.45. The second-order valence-electron chi connectivity index (χ2n) is 5.06. The van der Waals surface area contributed by atoms with Crippen molar-refractivity contribution < 1.29 is 0 Å². The number of aryl methyl sites for hydroxylation is 2. The monoisotopic (exact) mass is 249 g/mol. The molecule has 0 heterocycles. The van der Waals surface area contributed by atoms with E-state index in [0.29, 0.717) is 6.04 Å². The first kappa shape index (κ1) is 13.0. The topological polar surface area (TPSA) is 12.0 Å². The average Bonchev–Trinajstić information content (AvgIpc) is 2.76. The Balaban J connectivity index is 1.98. The lowest BCUT2D eigenvalue weighted by molar-refractivity contribution is 0.530. The van der Waals surface area contributed by atoms with Crippen LogP contribution in [0.4, 0.5) is 0 Å². The summed E-state index contributed by atoms with van der Waals surface area (Å²) in [5.41, 5.74) is 4.31. The molecule has 0 amide bonds. The first-order chi connectivity index (χ1) is 8.22.